The van der Waals surface area contributed by atoms with Crippen LogP contribution in [0.4, 0.5) is 0 Å². The lowest BCUT2D eigenvalue weighted by Crippen LogP contribution is -2.32. The third-order valence-corrected chi connectivity index (χ3v) is 4.32. The van der Waals surface area contributed by atoms with Gasteiger partial charge in [-0.1, -0.05) is 24.6 Å². The van der Waals surface area contributed by atoms with Crippen LogP contribution in [0, 0.1) is 0 Å². The first-order valence-electron chi connectivity index (χ1n) is 5.17. The Bertz CT molecular complexity index is 445. The number of hydrogen-bond acceptors (Lipinski definition) is 3. The molecule has 0 fully saturated rings. The van der Waals surface area contributed by atoms with Gasteiger partial charge in [0.05, 0.1) is 10.6 Å². The summed E-state index contributed by atoms with van der Waals surface area (Å²) in [5, 5.41) is 3.52. The van der Waals surface area contributed by atoms with Crippen LogP contribution in [0.2, 0.25) is 5.02 Å². The number of hydrogen-bond donors (Lipinski definition) is 1. The highest BCUT2D eigenvalue weighted by atomic mass is 35.5. The standard InChI is InChI=1S/C11H16ClNO2S/c1-3-13-9(2)8-16(14,15)11-6-4-5-10(12)7-11/h4-7,9,13H,3,8H2,1-2H3. The number of rotatable bonds is 5. The first kappa shape index (κ1) is 13.5. The van der Waals surface area contributed by atoms with Crippen LogP contribution in [0.15, 0.2) is 29.2 Å². The molecule has 16 heavy (non-hydrogen) atoms. The van der Waals surface area contributed by atoms with E-state index in [1.165, 1.54) is 6.07 Å². The largest absolute Gasteiger partial charge is 0.314 e. The van der Waals surface area contributed by atoms with Gasteiger partial charge in [-0.2, -0.15) is 0 Å². The van der Waals surface area contributed by atoms with E-state index in [1.807, 2.05) is 13.8 Å². The number of halogens is 1. The monoisotopic (exact) mass is 261 g/mol. The molecular formula is C11H16ClNO2S. The molecule has 0 saturated carbocycles. The molecule has 0 amide bonds. The molecule has 90 valence electrons. The second-order valence-electron chi connectivity index (χ2n) is 3.70. The van der Waals surface area contributed by atoms with Gasteiger partial charge in [0.15, 0.2) is 9.84 Å². The van der Waals surface area contributed by atoms with Crippen LogP contribution in [0.5, 0.6) is 0 Å². The van der Waals surface area contributed by atoms with Crippen molar-refractivity contribution in [2.75, 3.05) is 12.3 Å². The zero-order valence-electron chi connectivity index (χ0n) is 9.40. The fourth-order valence-corrected chi connectivity index (χ4v) is 3.31. The number of nitrogens with one attached hydrogen (secondary N) is 1. The van der Waals surface area contributed by atoms with E-state index in [0.29, 0.717) is 5.02 Å². The van der Waals surface area contributed by atoms with E-state index in [2.05, 4.69) is 5.32 Å². The molecule has 1 aromatic carbocycles. The molecule has 3 nitrogen and oxygen atoms in total. The molecule has 0 spiro atoms. The number of sulfone groups is 1. The molecule has 1 N–H and O–H groups in total. The van der Waals surface area contributed by atoms with Crippen molar-refractivity contribution in [3.05, 3.63) is 29.3 Å². The lowest BCUT2D eigenvalue weighted by Gasteiger charge is -2.12. The minimum Gasteiger partial charge on any atom is -0.314 e. The predicted octanol–water partition coefficient (Wildman–Crippen LogP) is 2.11. The molecule has 0 aliphatic rings. The van der Waals surface area contributed by atoms with Crippen LogP contribution in [-0.4, -0.2) is 26.8 Å². The van der Waals surface area contributed by atoms with Crippen molar-refractivity contribution in [3.63, 3.8) is 0 Å². The van der Waals surface area contributed by atoms with Crippen LogP contribution in [0.25, 0.3) is 0 Å². The van der Waals surface area contributed by atoms with Gasteiger partial charge in [-0.3, -0.25) is 0 Å². The van der Waals surface area contributed by atoms with E-state index < -0.39 is 9.84 Å². The summed E-state index contributed by atoms with van der Waals surface area (Å²) >= 11 is 5.77. The van der Waals surface area contributed by atoms with Gasteiger partial charge in [0.25, 0.3) is 0 Å². The molecule has 0 radical (unpaired) electrons. The lowest BCUT2D eigenvalue weighted by molar-refractivity contribution is 0.566. The van der Waals surface area contributed by atoms with Crippen molar-refractivity contribution in [3.8, 4) is 0 Å². The second-order valence-corrected chi connectivity index (χ2v) is 6.17. The average molecular weight is 262 g/mol. The highest BCUT2D eigenvalue weighted by Gasteiger charge is 2.17. The summed E-state index contributed by atoms with van der Waals surface area (Å²) < 4.78 is 23.9. The van der Waals surface area contributed by atoms with Gasteiger partial charge in [0.2, 0.25) is 0 Å². The molecule has 1 unspecified atom stereocenters. The third kappa shape index (κ3) is 3.77. The fourth-order valence-electron chi connectivity index (χ4n) is 1.49. The SMILES string of the molecule is CCNC(C)CS(=O)(=O)c1cccc(Cl)c1. The normalized spacial score (nSPS) is 13.7. The molecule has 0 aliphatic carbocycles. The van der Waals surface area contributed by atoms with Gasteiger partial charge < -0.3 is 5.32 Å². The first-order valence-corrected chi connectivity index (χ1v) is 7.20. The minimum absolute atomic E-state index is 0.0611. The Morgan fingerprint density at radius 3 is 2.69 bits per heavy atom. The van der Waals surface area contributed by atoms with Gasteiger partial charge in [-0.25, -0.2) is 8.42 Å². The zero-order chi connectivity index (χ0) is 12.2. The highest BCUT2D eigenvalue weighted by molar-refractivity contribution is 7.91. The highest BCUT2D eigenvalue weighted by Crippen LogP contribution is 2.17. The predicted molar refractivity (Wildman–Crippen MR) is 66.6 cm³/mol. The lowest BCUT2D eigenvalue weighted by atomic mass is 10.4. The summed E-state index contributed by atoms with van der Waals surface area (Å²) in [5.74, 6) is 0.0845. The summed E-state index contributed by atoms with van der Waals surface area (Å²) in [4.78, 5) is 0.282. The average Bonchev–Trinajstić information content (AvgIpc) is 2.17. The van der Waals surface area contributed by atoms with Crippen molar-refractivity contribution in [2.45, 2.75) is 24.8 Å². The van der Waals surface area contributed by atoms with E-state index in [4.69, 9.17) is 11.6 Å². The van der Waals surface area contributed by atoms with E-state index in [-0.39, 0.29) is 16.7 Å². The third-order valence-electron chi connectivity index (χ3n) is 2.18. The van der Waals surface area contributed by atoms with Gasteiger partial charge in [0.1, 0.15) is 0 Å². The molecule has 1 aromatic rings. The molecule has 0 aliphatic heterocycles. The van der Waals surface area contributed by atoms with Crippen LogP contribution >= 0.6 is 11.6 Å². The summed E-state index contributed by atoms with van der Waals surface area (Å²) in [6.45, 7) is 4.56. The maximum atomic E-state index is 12.0. The number of benzene rings is 1. The van der Waals surface area contributed by atoms with Crippen LogP contribution in [0.3, 0.4) is 0 Å². The topological polar surface area (TPSA) is 46.2 Å². The van der Waals surface area contributed by atoms with E-state index in [0.717, 1.165) is 6.54 Å². The van der Waals surface area contributed by atoms with Gasteiger partial charge in [-0.05, 0) is 31.7 Å². The van der Waals surface area contributed by atoms with Crippen LogP contribution in [-0.2, 0) is 9.84 Å². The smallest absolute Gasteiger partial charge is 0.179 e. The molecule has 0 aromatic heterocycles. The van der Waals surface area contributed by atoms with Crippen LogP contribution < -0.4 is 5.32 Å². The molecule has 0 heterocycles. The Labute approximate surface area is 102 Å². The quantitative estimate of drug-likeness (QED) is 0.883. The van der Waals surface area contributed by atoms with Crippen molar-refractivity contribution in [2.24, 2.45) is 0 Å². The van der Waals surface area contributed by atoms with Crippen molar-refractivity contribution in [1.29, 1.82) is 0 Å². The maximum Gasteiger partial charge on any atom is 0.179 e. The summed E-state index contributed by atoms with van der Waals surface area (Å²) in [6, 6.07) is 6.30. The molecule has 0 saturated heterocycles. The fraction of sp³-hybridized carbons (Fsp3) is 0.455. The van der Waals surface area contributed by atoms with Crippen molar-refractivity contribution in [1.82, 2.24) is 5.32 Å². The molecule has 1 rings (SSSR count). The van der Waals surface area contributed by atoms with Crippen LogP contribution in [0.1, 0.15) is 13.8 Å². The van der Waals surface area contributed by atoms with E-state index in [9.17, 15) is 8.42 Å². The minimum atomic E-state index is -3.25. The van der Waals surface area contributed by atoms with Crippen molar-refractivity contribution < 1.29 is 8.42 Å². The second kappa shape index (κ2) is 5.66. The van der Waals surface area contributed by atoms with E-state index in [1.54, 1.807) is 18.2 Å². The molecule has 5 heteroatoms. The van der Waals surface area contributed by atoms with Crippen molar-refractivity contribution >= 4 is 21.4 Å². The van der Waals surface area contributed by atoms with Gasteiger partial charge in [0, 0.05) is 11.1 Å². The Kier molecular flexibility index (Phi) is 4.77. The summed E-state index contributed by atoms with van der Waals surface area (Å²) in [6.07, 6.45) is 0. The molecule has 0 bridgehead atoms. The Morgan fingerprint density at radius 2 is 2.12 bits per heavy atom. The van der Waals surface area contributed by atoms with Gasteiger partial charge >= 0.3 is 0 Å². The first-order chi connectivity index (χ1) is 7.45. The Balaban J connectivity index is 2.86. The molecular weight excluding hydrogens is 246 g/mol. The van der Waals surface area contributed by atoms with E-state index >= 15 is 0 Å². The Hall–Kier alpha value is -0.580. The zero-order valence-corrected chi connectivity index (χ0v) is 11.0. The Morgan fingerprint density at radius 1 is 1.44 bits per heavy atom. The summed E-state index contributed by atoms with van der Waals surface area (Å²) in [7, 11) is -3.25. The van der Waals surface area contributed by atoms with Gasteiger partial charge in [-0.15, -0.1) is 0 Å². The summed E-state index contributed by atoms with van der Waals surface area (Å²) in [5.41, 5.74) is 0. The maximum absolute atomic E-state index is 12.0. The molecule has 1 atom stereocenters.